The van der Waals surface area contributed by atoms with E-state index in [4.69, 9.17) is 4.74 Å². The molecule has 2 heterocycles. The van der Waals surface area contributed by atoms with Crippen LogP contribution in [0.4, 0.5) is 10.6 Å². The van der Waals surface area contributed by atoms with Gasteiger partial charge in [0, 0.05) is 43.4 Å². The van der Waals surface area contributed by atoms with Crippen LogP contribution in [0.2, 0.25) is 0 Å². The van der Waals surface area contributed by atoms with E-state index in [9.17, 15) is 4.79 Å². The topological polar surface area (TPSA) is 82.3 Å². The molecule has 7 heteroatoms. The molecule has 1 aromatic heterocycles. The normalized spacial score (nSPS) is 17.4. The highest BCUT2D eigenvalue weighted by Crippen LogP contribution is 2.40. The average Bonchev–Trinajstić information content (AvgIpc) is 3.46. The lowest BCUT2D eigenvalue weighted by Gasteiger charge is -2.32. The fourth-order valence-electron chi connectivity index (χ4n) is 3.69. The monoisotopic (exact) mass is 383 g/mol. The van der Waals surface area contributed by atoms with Crippen molar-refractivity contribution in [3.05, 3.63) is 41.6 Å². The first-order valence-electron chi connectivity index (χ1n) is 10.2. The lowest BCUT2D eigenvalue weighted by molar-refractivity contribution is 0.234. The van der Waals surface area contributed by atoms with Crippen molar-refractivity contribution in [2.45, 2.75) is 44.1 Å². The smallest absolute Gasteiger partial charge is 0.315 e. The number of ether oxygens (including phenoxy) is 1. The third kappa shape index (κ3) is 4.77. The van der Waals surface area contributed by atoms with E-state index in [0.29, 0.717) is 12.5 Å². The van der Waals surface area contributed by atoms with Crippen LogP contribution in [0.1, 0.15) is 42.9 Å². The highest BCUT2D eigenvalue weighted by atomic mass is 16.5. The first-order valence-corrected chi connectivity index (χ1v) is 10.2. The minimum atomic E-state index is -0.0808. The van der Waals surface area contributed by atoms with E-state index in [2.05, 4.69) is 31.8 Å². The number of hydrogen-bond donors (Lipinski definition) is 3. The predicted octanol–water partition coefficient (Wildman–Crippen LogP) is 2.81. The third-order valence-electron chi connectivity index (χ3n) is 5.61. The van der Waals surface area contributed by atoms with Crippen molar-refractivity contribution in [1.82, 2.24) is 20.8 Å². The standard InChI is InChI=1S/C21H29N5O2/c1-28-18-6-2-15(3-7-18)8-11-22-21(27)23-17-9-12-26(13-10-17)20-14-19(24-25-20)16-4-5-16/h2-3,6-7,14,16-17H,4-5,8-13H2,1H3,(H,24,25)(H2,22,23,27). The molecule has 0 unspecified atom stereocenters. The molecule has 2 amide bonds. The average molecular weight is 383 g/mol. The zero-order valence-corrected chi connectivity index (χ0v) is 16.4. The second-order valence-corrected chi connectivity index (χ2v) is 7.72. The fraction of sp³-hybridized carbons (Fsp3) is 0.524. The van der Waals surface area contributed by atoms with Crippen molar-refractivity contribution in [2.24, 2.45) is 0 Å². The maximum atomic E-state index is 12.2. The van der Waals surface area contributed by atoms with E-state index in [-0.39, 0.29) is 12.1 Å². The van der Waals surface area contributed by atoms with Crippen LogP contribution in [0, 0.1) is 0 Å². The fourth-order valence-corrected chi connectivity index (χ4v) is 3.69. The SMILES string of the molecule is COc1ccc(CCNC(=O)NC2CCN(c3cc(C4CC4)[nH]n3)CC2)cc1. The van der Waals surface area contributed by atoms with Crippen LogP contribution in [0.5, 0.6) is 5.75 Å². The molecule has 3 N–H and O–H groups in total. The van der Waals surface area contributed by atoms with E-state index >= 15 is 0 Å². The molecule has 4 rings (SSSR count). The number of aromatic nitrogens is 2. The van der Waals surface area contributed by atoms with Crippen molar-refractivity contribution in [3.63, 3.8) is 0 Å². The van der Waals surface area contributed by atoms with Crippen LogP contribution < -0.4 is 20.3 Å². The lowest BCUT2D eigenvalue weighted by atomic mass is 10.1. The van der Waals surface area contributed by atoms with Gasteiger partial charge in [0.05, 0.1) is 7.11 Å². The molecular weight excluding hydrogens is 354 g/mol. The zero-order chi connectivity index (χ0) is 19.3. The summed E-state index contributed by atoms with van der Waals surface area (Å²) in [7, 11) is 1.66. The van der Waals surface area contributed by atoms with Gasteiger partial charge in [0.25, 0.3) is 0 Å². The Bertz CT molecular complexity index is 776. The number of H-pyrrole nitrogens is 1. The molecule has 1 aliphatic heterocycles. The van der Waals surface area contributed by atoms with Crippen LogP contribution >= 0.6 is 0 Å². The maximum Gasteiger partial charge on any atom is 0.315 e. The van der Waals surface area contributed by atoms with Crippen LogP contribution in [0.3, 0.4) is 0 Å². The Balaban J connectivity index is 1.15. The number of benzene rings is 1. The second kappa shape index (κ2) is 8.54. The molecule has 28 heavy (non-hydrogen) atoms. The number of amides is 2. The summed E-state index contributed by atoms with van der Waals surface area (Å²) in [5.41, 5.74) is 2.45. The Labute approximate surface area is 165 Å². The van der Waals surface area contributed by atoms with Gasteiger partial charge in [-0.25, -0.2) is 4.79 Å². The molecule has 2 aromatic rings. The van der Waals surface area contributed by atoms with Crippen molar-refractivity contribution >= 4 is 11.8 Å². The number of rotatable bonds is 7. The molecule has 0 bridgehead atoms. The summed E-state index contributed by atoms with van der Waals surface area (Å²) in [4.78, 5) is 14.5. The molecule has 2 fully saturated rings. The summed E-state index contributed by atoms with van der Waals surface area (Å²) < 4.78 is 5.16. The van der Waals surface area contributed by atoms with Gasteiger partial charge in [-0.1, -0.05) is 12.1 Å². The molecule has 1 saturated carbocycles. The first-order chi connectivity index (χ1) is 13.7. The van der Waals surface area contributed by atoms with Gasteiger partial charge in [-0.05, 0) is 49.8 Å². The number of piperidine rings is 1. The van der Waals surface area contributed by atoms with E-state index in [1.807, 2.05) is 24.3 Å². The van der Waals surface area contributed by atoms with Gasteiger partial charge < -0.3 is 20.3 Å². The van der Waals surface area contributed by atoms with Crippen molar-refractivity contribution in [1.29, 1.82) is 0 Å². The van der Waals surface area contributed by atoms with E-state index in [1.165, 1.54) is 24.1 Å². The Morgan fingerprint density at radius 2 is 1.96 bits per heavy atom. The molecule has 1 aliphatic carbocycles. The van der Waals surface area contributed by atoms with Gasteiger partial charge in [-0.3, -0.25) is 5.10 Å². The molecular formula is C21H29N5O2. The van der Waals surface area contributed by atoms with Crippen molar-refractivity contribution in [2.75, 3.05) is 31.6 Å². The largest absolute Gasteiger partial charge is 0.497 e. The van der Waals surface area contributed by atoms with Gasteiger partial charge in [-0.15, -0.1) is 0 Å². The number of urea groups is 1. The minimum absolute atomic E-state index is 0.0808. The number of nitrogens with zero attached hydrogens (tertiary/aromatic N) is 2. The zero-order valence-electron chi connectivity index (χ0n) is 16.4. The first kappa shape index (κ1) is 18.7. The summed E-state index contributed by atoms with van der Waals surface area (Å²) >= 11 is 0. The van der Waals surface area contributed by atoms with Gasteiger partial charge in [0.1, 0.15) is 5.75 Å². The number of aromatic amines is 1. The molecule has 150 valence electrons. The summed E-state index contributed by atoms with van der Waals surface area (Å²) in [6.07, 6.45) is 5.25. The number of anilines is 1. The number of hydrogen-bond acceptors (Lipinski definition) is 4. The maximum absolute atomic E-state index is 12.2. The highest BCUT2D eigenvalue weighted by Gasteiger charge is 2.27. The molecule has 0 radical (unpaired) electrons. The molecule has 0 spiro atoms. The molecule has 0 atom stereocenters. The quantitative estimate of drug-likeness (QED) is 0.687. The Morgan fingerprint density at radius 1 is 1.21 bits per heavy atom. The number of carbonyl (C=O) groups excluding carboxylic acids is 1. The minimum Gasteiger partial charge on any atom is -0.497 e. The Kier molecular flexibility index (Phi) is 5.69. The van der Waals surface area contributed by atoms with Gasteiger partial charge in [0.15, 0.2) is 5.82 Å². The summed E-state index contributed by atoms with van der Waals surface area (Å²) in [5, 5.41) is 13.7. The molecule has 2 aliphatic rings. The van der Waals surface area contributed by atoms with E-state index in [0.717, 1.165) is 43.9 Å². The third-order valence-corrected chi connectivity index (χ3v) is 5.61. The molecule has 1 saturated heterocycles. The van der Waals surface area contributed by atoms with Crippen molar-refractivity contribution < 1.29 is 9.53 Å². The van der Waals surface area contributed by atoms with Crippen LogP contribution in [0.25, 0.3) is 0 Å². The number of carbonyl (C=O) groups is 1. The highest BCUT2D eigenvalue weighted by molar-refractivity contribution is 5.74. The van der Waals surface area contributed by atoms with Gasteiger partial charge in [-0.2, -0.15) is 5.10 Å². The van der Waals surface area contributed by atoms with Gasteiger partial charge in [0.2, 0.25) is 0 Å². The number of methoxy groups -OCH3 is 1. The Hall–Kier alpha value is -2.70. The van der Waals surface area contributed by atoms with E-state index < -0.39 is 0 Å². The van der Waals surface area contributed by atoms with Crippen LogP contribution in [0.15, 0.2) is 30.3 Å². The summed E-state index contributed by atoms with van der Waals surface area (Å²) in [6.45, 7) is 2.46. The second-order valence-electron chi connectivity index (χ2n) is 7.72. The van der Waals surface area contributed by atoms with E-state index in [1.54, 1.807) is 7.11 Å². The number of nitrogens with one attached hydrogen (secondary N) is 3. The molecule has 7 nitrogen and oxygen atoms in total. The van der Waals surface area contributed by atoms with Gasteiger partial charge >= 0.3 is 6.03 Å². The van der Waals surface area contributed by atoms with Crippen LogP contribution in [-0.2, 0) is 6.42 Å². The van der Waals surface area contributed by atoms with Crippen LogP contribution in [-0.4, -0.2) is 49.0 Å². The Morgan fingerprint density at radius 3 is 2.64 bits per heavy atom. The predicted molar refractivity (Wildman–Crippen MR) is 109 cm³/mol. The summed E-state index contributed by atoms with van der Waals surface area (Å²) in [5.74, 6) is 2.59. The lowest BCUT2D eigenvalue weighted by Crippen LogP contribution is -2.48. The molecule has 1 aromatic carbocycles. The van der Waals surface area contributed by atoms with Crippen molar-refractivity contribution in [3.8, 4) is 5.75 Å². The summed E-state index contributed by atoms with van der Waals surface area (Å²) in [6, 6.07) is 10.3.